The minimum atomic E-state index is -0.373. The zero-order chi connectivity index (χ0) is 14.8. The van der Waals surface area contributed by atoms with Gasteiger partial charge in [0, 0.05) is 43.7 Å². The molecule has 2 atom stereocenters. The number of rotatable bonds is 3. The Bertz CT molecular complexity index is 503. The number of carbonyl (C=O) groups is 1. The van der Waals surface area contributed by atoms with Crippen molar-refractivity contribution in [2.24, 2.45) is 11.7 Å². The second-order valence-corrected chi connectivity index (χ2v) is 6.27. The molecular formula is C16H23N3O2. The smallest absolute Gasteiger partial charge is 0.248 e. The molecule has 2 N–H and O–H groups in total. The number of nitrogens with two attached hydrogens (primary N) is 1. The van der Waals surface area contributed by atoms with Crippen molar-refractivity contribution in [1.29, 1.82) is 0 Å². The summed E-state index contributed by atoms with van der Waals surface area (Å²) in [6.07, 6.45) is 0. The highest BCUT2D eigenvalue weighted by molar-refractivity contribution is 5.92. The molecule has 1 aromatic carbocycles. The van der Waals surface area contributed by atoms with Gasteiger partial charge in [-0.25, -0.2) is 0 Å². The van der Waals surface area contributed by atoms with Crippen LogP contribution < -0.4 is 5.73 Å². The van der Waals surface area contributed by atoms with Crippen LogP contribution in [0.5, 0.6) is 0 Å². The number of likely N-dealkylation sites (N-methyl/N-ethyl adjacent to an activating group) is 1. The van der Waals surface area contributed by atoms with Crippen LogP contribution in [-0.4, -0.2) is 61.6 Å². The first-order chi connectivity index (χ1) is 10.1. The highest BCUT2D eigenvalue weighted by atomic mass is 16.5. The molecule has 2 saturated heterocycles. The lowest BCUT2D eigenvalue weighted by Gasteiger charge is -2.29. The number of carbonyl (C=O) groups excluding carboxylic acids is 1. The molecule has 114 valence electrons. The third-order valence-corrected chi connectivity index (χ3v) is 4.39. The molecule has 2 bridgehead atoms. The number of primary amides is 1. The van der Waals surface area contributed by atoms with Crippen LogP contribution in [0, 0.1) is 5.92 Å². The standard InChI is InChI=1S/C16H23N3O2/c1-18-6-13-8-19(15(9-18)11-21-10-13)7-12-2-4-14(5-3-12)16(17)20/h2-5,13,15H,6-11H2,1H3,(H2,17,20)/t13-,15-/m0/s1. The second-order valence-electron chi connectivity index (χ2n) is 6.27. The summed E-state index contributed by atoms with van der Waals surface area (Å²) in [5, 5.41) is 0. The van der Waals surface area contributed by atoms with E-state index in [-0.39, 0.29) is 5.91 Å². The van der Waals surface area contributed by atoms with Gasteiger partial charge in [0.05, 0.1) is 13.2 Å². The van der Waals surface area contributed by atoms with E-state index in [4.69, 9.17) is 10.5 Å². The Morgan fingerprint density at radius 3 is 2.71 bits per heavy atom. The second kappa shape index (κ2) is 6.13. The fourth-order valence-electron chi connectivity index (χ4n) is 3.37. The van der Waals surface area contributed by atoms with Crippen molar-refractivity contribution in [3.63, 3.8) is 0 Å². The number of nitrogens with zero attached hydrogens (tertiary/aromatic N) is 2. The minimum Gasteiger partial charge on any atom is -0.379 e. The lowest BCUT2D eigenvalue weighted by molar-refractivity contribution is 0.0562. The maximum Gasteiger partial charge on any atom is 0.248 e. The molecule has 1 amide bonds. The van der Waals surface area contributed by atoms with Gasteiger partial charge >= 0.3 is 0 Å². The summed E-state index contributed by atoms with van der Waals surface area (Å²) >= 11 is 0. The van der Waals surface area contributed by atoms with Gasteiger partial charge in [-0.1, -0.05) is 12.1 Å². The molecular weight excluding hydrogens is 266 g/mol. The SMILES string of the molecule is CN1C[C@@H]2COC[C@H](C1)N(Cc1ccc(C(N)=O)cc1)C2. The lowest BCUT2D eigenvalue weighted by atomic mass is 10.1. The maximum atomic E-state index is 11.1. The molecule has 5 heteroatoms. The van der Waals surface area contributed by atoms with E-state index in [1.807, 2.05) is 24.3 Å². The van der Waals surface area contributed by atoms with Crippen LogP contribution >= 0.6 is 0 Å². The van der Waals surface area contributed by atoms with Gasteiger partial charge in [-0.3, -0.25) is 9.69 Å². The third-order valence-electron chi connectivity index (χ3n) is 4.39. The molecule has 2 fully saturated rings. The van der Waals surface area contributed by atoms with E-state index < -0.39 is 0 Å². The third kappa shape index (κ3) is 3.43. The van der Waals surface area contributed by atoms with E-state index in [1.54, 1.807) is 0 Å². The molecule has 2 aliphatic heterocycles. The molecule has 5 nitrogen and oxygen atoms in total. The highest BCUT2D eigenvalue weighted by Gasteiger charge is 2.31. The molecule has 0 saturated carbocycles. The van der Waals surface area contributed by atoms with Crippen molar-refractivity contribution in [2.75, 3.05) is 39.9 Å². The molecule has 3 rings (SSSR count). The van der Waals surface area contributed by atoms with Gasteiger partial charge in [-0.05, 0) is 24.7 Å². The van der Waals surface area contributed by atoms with Gasteiger partial charge in [-0.2, -0.15) is 0 Å². The molecule has 0 spiro atoms. The zero-order valence-electron chi connectivity index (χ0n) is 12.5. The first-order valence-electron chi connectivity index (χ1n) is 7.51. The predicted molar refractivity (Wildman–Crippen MR) is 81.0 cm³/mol. The summed E-state index contributed by atoms with van der Waals surface area (Å²) in [7, 11) is 2.19. The molecule has 21 heavy (non-hydrogen) atoms. The Balaban J connectivity index is 1.72. The molecule has 0 unspecified atom stereocenters. The van der Waals surface area contributed by atoms with Crippen LogP contribution in [0.1, 0.15) is 15.9 Å². The number of amides is 1. The van der Waals surface area contributed by atoms with Crippen molar-refractivity contribution in [3.05, 3.63) is 35.4 Å². The molecule has 0 aliphatic carbocycles. The topological polar surface area (TPSA) is 58.8 Å². The van der Waals surface area contributed by atoms with Crippen LogP contribution in [0.15, 0.2) is 24.3 Å². The van der Waals surface area contributed by atoms with E-state index >= 15 is 0 Å². The van der Waals surface area contributed by atoms with E-state index in [9.17, 15) is 4.79 Å². The number of fused-ring (bicyclic) bond motifs is 3. The summed E-state index contributed by atoms with van der Waals surface area (Å²) in [5.74, 6) is 0.203. The van der Waals surface area contributed by atoms with Gasteiger partial charge in [0.1, 0.15) is 0 Å². The van der Waals surface area contributed by atoms with E-state index in [0.29, 0.717) is 17.5 Å². The fourth-order valence-corrected chi connectivity index (χ4v) is 3.37. The number of benzene rings is 1. The maximum absolute atomic E-state index is 11.1. The quantitative estimate of drug-likeness (QED) is 0.883. The largest absolute Gasteiger partial charge is 0.379 e. The Morgan fingerprint density at radius 2 is 2.00 bits per heavy atom. The van der Waals surface area contributed by atoms with E-state index in [0.717, 1.165) is 39.4 Å². The molecule has 0 radical (unpaired) electrons. The van der Waals surface area contributed by atoms with Gasteiger partial charge in [0.15, 0.2) is 0 Å². The summed E-state index contributed by atoms with van der Waals surface area (Å²) in [4.78, 5) is 16.0. The molecule has 2 heterocycles. The first kappa shape index (κ1) is 14.5. The van der Waals surface area contributed by atoms with Crippen LogP contribution in [0.25, 0.3) is 0 Å². The van der Waals surface area contributed by atoms with E-state index in [2.05, 4.69) is 16.8 Å². The zero-order valence-corrected chi connectivity index (χ0v) is 12.5. The average molecular weight is 289 g/mol. The Kier molecular flexibility index (Phi) is 4.24. The van der Waals surface area contributed by atoms with Crippen molar-refractivity contribution < 1.29 is 9.53 Å². The average Bonchev–Trinajstić information content (AvgIpc) is 2.69. The van der Waals surface area contributed by atoms with Crippen LogP contribution in [0.2, 0.25) is 0 Å². The summed E-state index contributed by atoms with van der Waals surface area (Å²) in [5.41, 5.74) is 7.07. The predicted octanol–water partition coefficient (Wildman–Crippen LogP) is 0.548. The van der Waals surface area contributed by atoms with Crippen LogP contribution in [-0.2, 0) is 11.3 Å². The van der Waals surface area contributed by atoms with Crippen molar-refractivity contribution in [2.45, 2.75) is 12.6 Å². The van der Waals surface area contributed by atoms with Crippen molar-refractivity contribution in [3.8, 4) is 0 Å². The monoisotopic (exact) mass is 289 g/mol. The van der Waals surface area contributed by atoms with Gasteiger partial charge in [0.2, 0.25) is 5.91 Å². The fraction of sp³-hybridized carbons (Fsp3) is 0.562. The van der Waals surface area contributed by atoms with Crippen LogP contribution in [0.3, 0.4) is 0 Å². The van der Waals surface area contributed by atoms with Gasteiger partial charge in [0.25, 0.3) is 0 Å². The Labute approximate surface area is 125 Å². The number of hydrogen-bond acceptors (Lipinski definition) is 4. The molecule has 2 aliphatic rings. The Hall–Kier alpha value is -1.43. The summed E-state index contributed by atoms with van der Waals surface area (Å²) in [6, 6.07) is 8.06. The molecule has 1 aromatic rings. The summed E-state index contributed by atoms with van der Waals surface area (Å²) in [6.45, 7) is 5.80. The minimum absolute atomic E-state index is 0.373. The normalized spacial score (nSPS) is 27.3. The van der Waals surface area contributed by atoms with Crippen molar-refractivity contribution >= 4 is 5.91 Å². The van der Waals surface area contributed by atoms with Crippen molar-refractivity contribution in [1.82, 2.24) is 9.80 Å². The molecule has 0 aromatic heterocycles. The van der Waals surface area contributed by atoms with E-state index in [1.165, 1.54) is 5.56 Å². The van der Waals surface area contributed by atoms with Gasteiger partial charge in [-0.15, -0.1) is 0 Å². The summed E-state index contributed by atoms with van der Waals surface area (Å²) < 4.78 is 5.80. The lowest BCUT2D eigenvalue weighted by Crippen LogP contribution is -2.42. The number of hydrogen-bond donors (Lipinski definition) is 1. The first-order valence-corrected chi connectivity index (χ1v) is 7.51. The van der Waals surface area contributed by atoms with Gasteiger partial charge < -0.3 is 15.4 Å². The van der Waals surface area contributed by atoms with Crippen LogP contribution in [0.4, 0.5) is 0 Å². The number of ether oxygens (including phenoxy) is 1. The Morgan fingerprint density at radius 1 is 1.24 bits per heavy atom. The highest BCUT2D eigenvalue weighted by Crippen LogP contribution is 2.21.